The molecule has 1 aliphatic heterocycles. The third kappa shape index (κ3) is 4.10. The fourth-order valence-corrected chi connectivity index (χ4v) is 5.40. The van der Waals surface area contributed by atoms with Crippen LogP contribution in [0.1, 0.15) is 11.1 Å². The molecule has 0 radical (unpaired) electrons. The second kappa shape index (κ2) is 9.93. The van der Waals surface area contributed by atoms with Gasteiger partial charge in [-0.05, 0) is 71.4 Å². The quantitative estimate of drug-likeness (QED) is 0.228. The van der Waals surface area contributed by atoms with Crippen LogP contribution in [0.15, 0.2) is 133 Å². The van der Waals surface area contributed by atoms with Crippen molar-refractivity contribution in [3.05, 3.63) is 145 Å². The number of rotatable bonds is 4. The molecule has 0 aliphatic carbocycles. The lowest BCUT2D eigenvalue weighted by atomic mass is 10.0. The zero-order chi connectivity index (χ0) is 27.8. The zero-order valence-electron chi connectivity index (χ0n) is 21.9. The number of nitrogens with zero attached hydrogens (tertiary/aromatic N) is 4. The SMILES string of the molecule is N#Cc1cc(N(c2ccccc2)c2ccccc2)c(N2c3ccccc3Oc3cc4ccccc4cc32)cc1C#N. The van der Waals surface area contributed by atoms with E-state index in [1.165, 1.54) is 0 Å². The van der Waals surface area contributed by atoms with Gasteiger partial charge in [0.15, 0.2) is 11.5 Å². The fourth-order valence-electron chi connectivity index (χ4n) is 5.40. The Morgan fingerprint density at radius 2 is 1.07 bits per heavy atom. The highest BCUT2D eigenvalue weighted by molar-refractivity contribution is 5.99. The Hall–Kier alpha value is -6.04. The molecule has 0 amide bonds. The van der Waals surface area contributed by atoms with Gasteiger partial charge in [-0.25, -0.2) is 0 Å². The molecule has 1 heterocycles. The summed E-state index contributed by atoms with van der Waals surface area (Å²) in [4.78, 5) is 4.26. The van der Waals surface area contributed by atoms with Crippen LogP contribution in [0.4, 0.5) is 34.1 Å². The van der Waals surface area contributed by atoms with Crippen LogP contribution >= 0.6 is 0 Å². The molecule has 0 spiro atoms. The monoisotopic (exact) mass is 526 g/mol. The lowest BCUT2D eigenvalue weighted by Crippen LogP contribution is -2.20. The molecule has 5 heteroatoms. The van der Waals surface area contributed by atoms with E-state index in [0.29, 0.717) is 22.6 Å². The number of benzene rings is 6. The van der Waals surface area contributed by atoms with Crippen LogP contribution in [-0.4, -0.2) is 0 Å². The van der Waals surface area contributed by atoms with Gasteiger partial charge in [0.1, 0.15) is 12.1 Å². The molecule has 0 saturated carbocycles. The van der Waals surface area contributed by atoms with Crippen LogP contribution in [0.2, 0.25) is 0 Å². The molecule has 0 unspecified atom stereocenters. The Kier molecular flexibility index (Phi) is 5.82. The minimum absolute atomic E-state index is 0.304. The van der Waals surface area contributed by atoms with Crippen LogP contribution in [0.5, 0.6) is 11.5 Å². The molecule has 41 heavy (non-hydrogen) atoms. The smallest absolute Gasteiger partial charge is 0.152 e. The first-order chi connectivity index (χ1) is 20.2. The van der Waals surface area contributed by atoms with Crippen molar-refractivity contribution in [1.82, 2.24) is 0 Å². The number of nitriles is 2. The first-order valence-electron chi connectivity index (χ1n) is 13.2. The number of hydrogen-bond acceptors (Lipinski definition) is 5. The topological polar surface area (TPSA) is 63.3 Å². The van der Waals surface area contributed by atoms with Gasteiger partial charge in [-0.3, -0.25) is 0 Å². The molecule has 0 N–H and O–H groups in total. The molecule has 0 atom stereocenters. The van der Waals surface area contributed by atoms with Crippen molar-refractivity contribution < 1.29 is 4.74 Å². The number of fused-ring (bicyclic) bond motifs is 3. The summed E-state index contributed by atoms with van der Waals surface area (Å²) in [6.45, 7) is 0. The molecule has 5 nitrogen and oxygen atoms in total. The first-order valence-corrected chi connectivity index (χ1v) is 13.2. The Balaban J connectivity index is 1.58. The number of anilines is 6. The third-order valence-electron chi connectivity index (χ3n) is 7.26. The van der Waals surface area contributed by atoms with Crippen LogP contribution in [0, 0.1) is 22.7 Å². The predicted octanol–water partition coefficient (Wildman–Crippen LogP) is 9.63. The second-order valence-corrected chi connectivity index (χ2v) is 9.69. The van der Waals surface area contributed by atoms with Crippen molar-refractivity contribution >= 4 is 44.9 Å². The van der Waals surface area contributed by atoms with Crippen molar-refractivity contribution in [2.24, 2.45) is 0 Å². The van der Waals surface area contributed by atoms with Crippen LogP contribution < -0.4 is 14.5 Å². The summed E-state index contributed by atoms with van der Waals surface area (Å²) in [5.74, 6) is 1.41. The van der Waals surface area contributed by atoms with E-state index in [4.69, 9.17) is 4.74 Å². The molecule has 0 bridgehead atoms. The molecule has 6 aromatic rings. The van der Waals surface area contributed by atoms with Gasteiger partial charge in [-0.15, -0.1) is 0 Å². The van der Waals surface area contributed by atoms with Crippen molar-refractivity contribution in [3.63, 3.8) is 0 Å². The Labute approximate surface area is 237 Å². The van der Waals surface area contributed by atoms with E-state index in [9.17, 15) is 10.5 Å². The number of hydrogen-bond donors (Lipinski definition) is 0. The van der Waals surface area contributed by atoms with E-state index < -0.39 is 0 Å². The molecule has 0 fully saturated rings. The van der Waals surface area contributed by atoms with Gasteiger partial charge in [-0.2, -0.15) is 10.5 Å². The summed E-state index contributed by atoms with van der Waals surface area (Å²) in [5.41, 5.74) is 5.66. The standard InChI is InChI=1S/C36H22N4O/c37-23-27-20-32(39(29-13-3-1-4-14-29)30-15-5-2-6-16-30)33(21-28(27)24-38)40-31-17-9-10-18-35(31)41-36-22-26-12-8-7-11-25(26)19-34(36)40/h1-22H. The minimum Gasteiger partial charge on any atom is -0.453 e. The van der Waals surface area contributed by atoms with Crippen LogP contribution in [0.3, 0.4) is 0 Å². The van der Waals surface area contributed by atoms with E-state index in [-0.39, 0.29) is 0 Å². The van der Waals surface area contributed by atoms with E-state index in [0.717, 1.165) is 44.9 Å². The molecule has 0 aromatic heterocycles. The summed E-state index contributed by atoms with van der Waals surface area (Å²) in [7, 11) is 0. The van der Waals surface area contributed by atoms with Gasteiger partial charge in [0.05, 0.1) is 33.9 Å². The summed E-state index contributed by atoms with van der Waals surface area (Å²) in [6, 6.07) is 48.4. The van der Waals surface area contributed by atoms with Crippen LogP contribution in [0.25, 0.3) is 10.8 Å². The molecule has 0 saturated heterocycles. The molecular weight excluding hydrogens is 504 g/mol. The lowest BCUT2D eigenvalue weighted by molar-refractivity contribution is 0.478. The molecule has 7 rings (SSSR count). The number of ether oxygens (including phenoxy) is 1. The predicted molar refractivity (Wildman–Crippen MR) is 163 cm³/mol. The highest BCUT2D eigenvalue weighted by Crippen LogP contribution is 2.55. The van der Waals surface area contributed by atoms with Gasteiger partial charge < -0.3 is 14.5 Å². The zero-order valence-corrected chi connectivity index (χ0v) is 21.9. The Morgan fingerprint density at radius 3 is 1.73 bits per heavy atom. The van der Waals surface area contributed by atoms with Gasteiger partial charge in [0, 0.05) is 11.4 Å². The van der Waals surface area contributed by atoms with Crippen molar-refractivity contribution in [2.75, 3.05) is 9.80 Å². The van der Waals surface area contributed by atoms with Crippen molar-refractivity contribution in [2.45, 2.75) is 0 Å². The summed E-state index contributed by atoms with van der Waals surface area (Å²) < 4.78 is 6.44. The highest BCUT2D eigenvalue weighted by Gasteiger charge is 2.31. The number of para-hydroxylation sites is 4. The Morgan fingerprint density at radius 1 is 0.512 bits per heavy atom. The maximum absolute atomic E-state index is 10.1. The summed E-state index contributed by atoms with van der Waals surface area (Å²) >= 11 is 0. The lowest BCUT2D eigenvalue weighted by Gasteiger charge is -2.37. The largest absolute Gasteiger partial charge is 0.453 e. The summed E-state index contributed by atoms with van der Waals surface area (Å²) in [6.07, 6.45) is 0. The molecule has 192 valence electrons. The molecule has 1 aliphatic rings. The van der Waals surface area contributed by atoms with E-state index >= 15 is 0 Å². The second-order valence-electron chi connectivity index (χ2n) is 9.69. The minimum atomic E-state index is 0.304. The van der Waals surface area contributed by atoms with Crippen molar-refractivity contribution in [3.8, 4) is 23.6 Å². The third-order valence-corrected chi connectivity index (χ3v) is 7.26. The molecule has 6 aromatic carbocycles. The maximum Gasteiger partial charge on any atom is 0.152 e. The summed E-state index contributed by atoms with van der Waals surface area (Å²) in [5, 5.41) is 22.3. The Bertz CT molecular complexity index is 1970. The van der Waals surface area contributed by atoms with Gasteiger partial charge in [-0.1, -0.05) is 72.8 Å². The van der Waals surface area contributed by atoms with Gasteiger partial charge in [0.25, 0.3) is 0 Å². The van der Waals surface area contributed by atoms with Crippen LogP contribution in [-0.2, 0) is 0 Å². The van der Waals surface area contributed by atoms with E-state index in [1.807, 2.05) is 115 Å². The van der Waals surface area contributed by atoms with Gasteiger partial charge in [0.2, 0.25) is 0 Å². The van der Waals surface area contributed by atoms with E-state index in [2.05, 4.69) is 40.1 Å². The van der Waals surface area contributed by atoms with Gasteiger partial charge >= 0.3 is 0 Å². The van der Waals surface area contributed by atoms with Crippen molar-refractivity contribution in [1.29, 1.82) is 10.5 Å². The average Bonchev–Trinajstić information content (AvgIpc) is 3.03. The first kappa shape index (κ1) is 24.0. The highest BCUT2D eigenvalue weighted by atomic mass is 16.5. The fraction of sp³-hybridized carbons (Fsp3) is 0. The maximum atomic E-state index is 10.1. The normalized spacial score (nSPS) is 11.5. The molecular formula is C36H22N4O. The van der Waals surface area contributed by atoms with E-state index in [1.54, 1.807) is 0 Å². The average molecular weight is 527 g/mol.